The lowest BCUT2D eigenvalue weighted by molar-refractivity contribution is -0.114. The largest absolute Gasteiger partial charge is 0.295 e. The molecule has 0 bridgehead atoms. The lowest BCUT2D eigenvalue weighted by Gasteiger charge is -1.98. The van der Waals surface area contributed by atoms with Crippen LogP contribution < -0.4 is 0 Å². The number of hydrogen-bond donors (Lipinski definition) is 0. The number of carbonyl (C=O) groups is 1. The van der Waals surface area contributed by atoms with Gasteiger partial charge in [-0.3, -0.25) is 4.79 Å². The van der Waals surface area contributed by atoms with Crippen molar-refractivity contribution >= 4 is 5.78 Å². The van der Waals surface area contributed by atoms with Gasteiger partial charge in [0.05, 0.1) is 0 Å². The molecule has 0 aliphatic heterocycles. The van der Waals surface area contributed by atoms with Crippen LogP contribution in [-0.2, 0) is 11.2 Å². The summed E-state index contributed by atoms with van der Waals surface area (Å²) in [4.78, 5) is 11.3. The molecule has 78 valence electrons. The van der Waals surface area contributed by atoms with Crippen LogP contribution in [0.2, 0.25) is 0 Å². The Kier molecular flexibility index (Phi) is 3.33. The Morgan fingerprint density at radius 1 is 1.13 bits per heavy atom. The van der Waals surface area contributed by atoms with Crippen LogP contribution in [0.25, 0.3) is 0 Å². The first-order valence-electron chi connectivity index (χ1n) is 5.62. The molecule has 1 aromatic carbocycles. The maximum atomic E-state index is 11.3. The molecule has 1 saturated carbocycles. The highest BCUT2D eigenvalue weighted by atomic mass is 16.1. The van der Waals surface area contributed by atoms with Gasteiger partial charge in [0.25, 0.3) is 0 Å². The summed E-state index contributed by atoms with van der Waals surface area (Å²) in [6.07, 6.45) is 6.96. The Morgan fingerprint density at radius 3 is 2.60 bits per heavy atom. The van der Waals surface area contributed by atoms with Crippen molar-refractivity contribution in [3.8, 4) is 0 Å². The molecule has 1 aliphatic rings. The third-order valence-corrected chi connectivity index (χ3v) is 2.87. The van der Waals surface area contributed by atoms with Gasteiger partial charge in [-0.2, -0.15) is 0 Å². The molecular weight excluding hydrogens is 184 g/mol. The maximum absolute atomic E-state index is 11.3. The number of benzene rings is 1. The molecule has 0 heterocycles. The smallest absolute Gasteiger partial charge is 0.158 e. The molecule has 0 saturated heterocycles. The topological polar surface area (TPSA) is 17.1 Å². The zero-order chi connectivity index (χ0) is 10.5. The first kappa shape index (κ1) is 10.2. The van der Waals surface area contributed by atoms with E-state index in [1.54, 1.807) is 0 Å². The summed E-state index contributed by atoms with van der Waals surface area (Å²) in [6.45, 7) is 0. The quantitative estimate of drug-likeness (QED) is 0.684. The van der Waals surface area contributed by atoms with E-state index in [9.17, 15) is 4.79 Å². The van der Waals surface area contributed by atoms with Gasteiger partial charge in [0.1, 0.15) is 0 Å². The second kappa shape index (κ2) is 4.92. The van der Waals surface area contributed by atoms with Crippen molar-refractivity contribution in [3.63, 3.8) is 0 Å². The summed E-state index contributed by atoms with van der Waals surface area (Å²) in [5, 5.41) is 0. The Labute approximate surface area is 90.8 Å². The Bertz CT molecular complexity index is 362. The lowest BCUT2D eigenvalue weighted by Crippen LogP contribution is -1.92. The summed E-state index contributed by atoms with van der Waals surface area (Å²) >= 11 is 0. The van der Waals surface area contributed by atoms with Gasteiger partial charge in [0.15, 0.2) is 5.78 Å². The number of allylic oxidation sites excluding steroid dienone is 2. The second-order valence-electron chi connectivity index (χ2n) is 4.03. The number of rotatable bonds is 3. The molecule has 0 amide bonds. The summed E-state index contributed by atoms with van der Waals surface area (Å²) < 4.78 is 0. The number of aryl methyl sites for hydroxylation is 1. The Hall–Kier alpha value is -1.37. The van der Waals surface area contributed by atoms with E-state index in [1.807, 2.05) is 6.07 Å². The van der Waals surface area contributed by atoms with E-state index in [-0.39, 0.29) is 0 Å². The molecule has 1 aliphatic carbocycles. The predicted molar refractivity (Wildman–Crippen MR) is 61.7 cm³/mol. The molecule has 1 fully saturated rings. The Balaban J connectivity index is 1.87. The molecule has 0 spiro atoms. The van der Waals surface area contributed by atoms with Crippen LogP contribution in [0.15, 0.2) is 42.0 Å². The van der Waals surface area contributed by atoms with Crippen molar-refractivity contribution in [1.82, 2.24) is 0 Å². The predicted octanol–water partition coefficient (Wildman–Crippen LogP) is 3.30. The van der Waals surface area contributed by atoms with Crippen LogP contribution in [0.4, 0.5) is 0 Å². The molecule has 1 aromatic rings. The van der Waals surface area contributed by atoms with Crippen LogP contribution in [0.1, 0.15) is 31.2 Å². The fourth-order valence-electron chi connectivity index (χ4n) is 2.01. The summed E-state index contributed by atoms with van der Waals surface area (Å²) in [5.41, 5.74) is 2.41. The van der Waals surface area contributed by atoms with Crippen LogP contribution in [0.5, 0.6) is 0 Å². The highest BCUT2D eigenvalue weighted by Gasteiger charge is 2.15. The molecule has 2 rings (SSSR count). The van der Waals surface area contributed by atoms with Crippen molar-refractivity contribution in [2.24, 2.45) is 0 Å². The minimum atomic E-state index is 0.364. The van der Waals surface area contributed by atoms with Crippen molar-refractivity contribution in [1.29, 1.82) is 0 Å². The first-order chi connectivity index (χ1) is 7.36. The van der Waals surface area contributed by atoms with E-state index in [0.717, 1.165) is 37.7 Å². The normalized spacial score (nSPS) is 18.7. The van der Waals surface area contributed by atoms with Crippen molar-refractivity contribution < 1.29 is 4.79 Å². The molecule has 1 nitrogen and oxygen atoms in total. The lowest BCUT2D eigenvalue weighted by atomic mass is 10.1. The van der Waals surface area contributed by atoms with Gasteiger partial charge in [-0.05, 0) is 36.8 Å². The average molecular weight is 200 g/mol. The number of Topliss-reactive ketones (excluding diaryl/α,β-unsaturated/α-hetero) is 1. The minimum absolute atomic E-state index is 0.364. The van der Waals surface area contributed by atoms with Crippen LogP contribution in [0.3, 0.4) is 0 Å². The zero-order valence-electron chi connectivity index (χ0n) is 8.91. The Morgan fingerprint density at radius 2 is 1.93 bits per heavy atom. The van der Waals surface area contributed by atoms with E-state index in [2.05, 4.69) is 30.3 Å². The number of hydrogen-bond acceptors (Lipinski definition) is 1. The van der Waals surface area contributed by atoms with Gasteiger partial charge in [-0.15, -0.1) is 0 Å². The number of ketones is 1. The van der Waals surface area contributed by atoms with Crippen molar-refractivity contribution in [2.45, 2.75) is 32.1 Å². The van der Waals surface area contributed by atoms with Gasteiger partial charge in [0.2, 0.25) is 0 Å². The molecule has 0 atom stereocenters. The number of carbonyl (C=O) groups excluding carboxylic acids is 1. The van der Waals surface area contributed by atoms with Crippen LogP contribution in [-0.4, -0.2) is 5.78 Å². The summed E-state index contributed by atoms with van der Waals surface area (Å²) in [6, 6.07) is 10.4. The third kappa shape index (κ3) is 2.79. The summed E-state index contributed by atoms with van der Waals surface area (Å²) in [7, 11) is 0. The van der Waals surface area contributed by atoms with Gasteiger partial charge in [-0.1, -0.05) is 36.4 Å². The average Bonchev–Trinajstić information content (AvgIpc) is 2.66. The molecule has 0 aromatic heterocycles. The second-order valence-corrected chi connectivity index (χ2v) is 4.03. The maximum Gasteiger partial charge on any atom is 0.158 e. The van der Waals surface area contributed by atoms with Gasteiger partial charge >= 0.3 is 0 Å². The molecule has 15 heavy (non-hydrogen) atoms. The van der Waals surface area contributed by atoms with E-state index < -0.39 is 0 Å². The SMILES string of the molecule is O=C1CCCC1=CCCc1ccccc1. The highest BCUT2D eigenvalue weighted by Crippen LogP contribution is 2.20. The molecular formula is C14H16O. The molecule has 0 radical (unpaired) electrons. The highest BCUT2D eigenvalue weighted by molar-refractivity contribution is 5.97. The van der Waals surface area contributed by atoms with Crippen LogP contribution in [0, 0.1) is 0 Å². The van der Waals surface area contributed by atoms with Crippen molar-refractivity contribution in [2.75, 3.05) is 0 Å². The van der Waals surface area contributed by atoms with Gasteiger partial charge < -0.3 is 0 Å². The van der Waals surface area contributed by atoms with E-state index in [0.29, 0.717) is 5.78 Å². The van der Waals surface area contributed by atoms with Crippen LogP contribution >= 0.6 is 0 Å². The van der Waals surface area contributed by atoms with E-state index >= 15 is 0 Å². The molecule has 0 N–H and O–H groups in total. The van der Waals surface area contributed by atoms with Crippen molar-refractivity contribution in [3.05, 3.63) is 47.5 Å². The summed E-state index contributed by atoms with van der Waals surface area (Å²) in [5.74, 6) is 0.364. The van der Waals surface area contributed by atoms with Gasteiger partial charge in [0, 0.05) is 6.42 Å². The van der Waals surface area contributed by atoms with Gasteiger partial charge in [-0.25, -0.2) is 0 Å². The molecule has 0 unspecified atom stereocenters. The minimum Gasteiger partial charge on any atom is -0.295 e. The van der Waals surface area contributed by atoms with E-state index in [4.69, 9.17) is 0 Å². The third-order valence-electron chi connectivity index (χ3n) is 2.87. The molecule has 1 heteroatoms. The fourth-order valence-corrected chi connectivity index (χ4v) is 2.01. The van der Waals surface area contributed by atoms with E-state index in [1.165, 1.54) is 5.56 Å². The standard InChI is InChI=1S/C14H16O/c15-14-11-5-10-13(14)9-4-8-12-6-2-1-3-7-12/h1-3,6-7,9H,4-5,8,10-11H2. The zero-order valence-corrected chi connectivity index (χ0v) is 8.91. The monoisotopic (exact) mass is 200 g/mol. The fraction of sp³-hybridized carbons (Fsp3) is 0.357. The first-order valence-corrected chi connectivity index (χ1v) is 5.62.